The summed E-state index contributed by atoms with van der Waals surface area (Å²) < 4.78 is 18.6. The zero-order valence-corrected chi connectivity index (χ0v) is 10.7. The molecule has 1 aliphatic rings. The third-order valence-corrected chi connectivity index (χ3v) is 3.15. The van der Waals surface area contributed by atoms with Crippen LogP contribution < -0.4 is 10.1 Å². The molecule has 1 aliphatic heterocycles. The first-order chi connectivity index (χ1) is 9.72. The van der Waals surface area contributed by atoms with Crippen molar-refractivity contribution in [3.63, 3.8) is 0 Å². The third kappa shape index (κ3) is 2.61. The predicted molar refractivity (Wildman–Crippen MR) is 71.1 cm³/mol. The molecule has 2 aromatic rings. The number of nitrogens with zero attached hydrogens (tertiary/aromatic N) is 1. The summed E-state index contributed by atoms with van der Waals surface area (Å²) in [6.07, 6.45) is 0.664. The molecular formula is C15H13FN2O2. The molecule has 1 amide bonds. The summed E-state index contributed by atoms with van der Waals surface area (Å²) in [5, 5.41) is 2.71. The third-order valence-electron chi connectivity index (χ3n) is 3.15. The van der Waals surface area contributed by atoms with Crippen LogP contribution in [0.4, 0.5) is 4.39 Å². The van der Waals surface area contributed by atoms with Gasteiger partial charge in [0.25, 0.3) is 5.91 Å². The van der Waals surface area contributed by atoms with Crippen molar-refractivity contribution < 1.29 is 13.9 Å². The quantitative estimate of drug-likeness (QED) is 0.869. The van der Waals surface area contributed by atoms with Crippen LogP contribution in [-0.2, 0) is 6.42 Å². The molecule has 1 unspecified atom stereocenters. The van der Waals surface area contributed by atoms with Gasteiger partial charge in [-0.1, -0.05) is 24.3 Å². The summed E-state index contributed by atoms with van der Waals surface area (Å²) in [7, 11) is 0. The van der Waals surface area contributed by atoms with Crippen molar-refractivity contribution in [1.29, 1.82) is 0 Å². The van der Waals surface area contributed by atoms with Crippen molar-refractivity contribution in [3.8, 4) is 5.75 Å². The lowest BCUT2D eigenvalue weighted by atomic mass is 10.1. The number of para-hydroxylation sites is 1. The SMILES string of the molecule is O=C(NCC1Cc2ccccc2O1)c1cccc(F)n1. The molecule has 2 heterocycles. The molecule has 0 saturated heterocycles. The number of fused-ring (bicyclic) bond motifs is 1. The lowest BCUT2D eigenvalue weighted by Crippen LogP contribution is -2.34. The molecule has 1 aromatic heterocycles. The van der Waals surface area contributed by atoms with Gasteiger partial charge in [-0.2, -0.15) is 4.39 Å². The summed E-state index contributed by atoms with van der Waals surface area (Å²) in [4.78, 5) is 15.4. The highest BCUT2D eigenvalue weighted by Crippen LogP contribution is 2.27. The van der Waals surface area contributed by atoms with E-state index in [0.29, 0.717) is 6.54 Å². The number of hydrogen-bond acceptors (Lipinski definition) is 3. The first-order valence-corrected chi connectivity index (χ1v) is 6.38. The van der Waals surface area contributed by atoms with Gasteiger partial charge in [0, 0.05) is 6.42 Å². The van der Waals surface area contributed by atoms with Crippen molar-refractivity contribution in [2.75, 3.05) is 6.54 Å². The Morgan fingerprint density at radius 2 is 2.15 bits per heavy atom. The molecule has 0 radical (unpaired) electrons. The maximum atomic E-state index is 12.9. The highest BCUT2D eigenvalue weighted by atomic mass is 19.1. The lowest BCUT2D eigenvalue weighted by molar-refractivity contribution is 0.0927. The highest BCUT2D eigenvalue weighted by Gasteiger charge is 2.22. The second-order valence-electron chi connectivity index (χ2n) is 4.61. The Balaban J connectivity index is 1.58. The van der Waals surface area contributed by atoms with Crippen molar-refractivity contribution in [2.24, 2.45) is 0 Å². The Labute approximate surface area is 115 Å². The summed E-state index contributed by atoms with van der Waals surface area (Å²) in [5.74, 6) is -0.207. The van der Waals surface area contributed by atoms with Gasteiger partial charge in [-0.05, 0) is 23.8 Å². The van der Waals surface area contributed by atoms with Crippen LogP contribution in [0.5, 0.6) is 5.75 Å². The Hall–Kier alpha value is -2.43. The smallest absolute Gasteiger partial charge is 0.270 e. The molecule has 4 nitrogen and oxygen atoms in total. The largest absolute Gasteiger partial charge is 0.488 e. The lowest BCUT2D eigenvalue weighted by Gasteiger charge is -2.11. The van der Waals surface area contributed by atoms with Gasteiger partial charge < -0.3 is 10.1 Å². The summed E-state index contributed by atoms with van der Waals surface area (Å²) >= 11 is 0. The zero-order chi connectivity index (χ0) is 13.9. The fraction of sp³-hybridized carbons (Fsp3) is 0.200. The highest BCUT2D eigenvalue weighted by molar-refractivity contribution is 5.92. The number of halogens is 1. The van der Waals surface area contributed by atoms with Gasteiger partial charge >= 0.3 is 0 Å². The molecule has 102 valence electrons. The van der Waals surface area contributed by atoms with E-state index in [9.17, 15) is 9.18 Å². The number of hydrogen-bond donors (Lipinski definition) is 1. The van der Waals surface area contributed by atoms with Crippen LogP contribution in [0.2, 0.25) is 0 Å². The molecule has 0 bridgehead atoms. The van der Waals surface area contributed by atoms with Crippen LogP contribution in [-0.4, -0.2) is 23.5 Å². The van der Waals surface area contributed by atoms with Gasteiger partial charge in [0.15, 0.2) is 0 Å². The molecule has 1 aromatic carbocycles. The molecular weight excluding hydrogens is 259 g/mol. The maximum absolute atomic E-state index is 12.9. The summed E-state index contributed by atoms with van der Waals surface area (Å²) in [6.45, 7) is 0.367. The Bertz CT molecular complexity index is 620. The molecule has 0 fully saturated rings. The Morgan fingerprint density at radius 1 is 1.30 bits per heavy atom. The average Bonchev–Trinajstić information content (AvgIpc) is 2.87. The number of aromatic nitrogens is 1. The monoisotopic (exact) mass is 272 g/mol. The van der Waals surface area contributed by atoms with E-state index < -0.39 is 11.9 Å². The van der Waals surface area contributed by atoms with Gasteiger partial charge in [-0.3, -0.25) is 4.79 Å². The standard InChI is InChI=1S/C15H13FN2O2/c16-14-7-3-5-12(18-14)15(19)17-9-11-8-10-4-1-2-6-13(10)20-11/h1-7,11H,8-9H2,(H,17,19). The van der Waals surface area contributed by atoms with Crippen molar-refractivity contribution in [2.45, 2.75) is 12.5 Å². The van der Waals surface area contributed by atoms with Gasteiger partial charge in [0.05, 0.1) is 6.54 Å². The zero-order valence-electron chi connectivity index (χ0n) is 10.7. The van der Waals surface area contributed by atoms with E-state index in [2.05, 4.69) is 10.3 Å². The van der Waals surface area contributed by atoms with Gasteiger partial charge in [0.2, 0.25) is 5.95 Å². The molecule has 0 spiro atoms. The maximum Gasteiger partial charge on any atom is 0.270 e. The minimum absolute atomic E-state index is 0.0699. The molecule has 1 N–H and O–H groups in total. The van der Waals surface area contributed by atoms with E-state index in [1.165, 1.54) is 18.2 Å². The van der Waals surface area contributed by atoms with Crippen molar-refractivity contribution in [3.05, 3.63) is 59.7 Å². The van der Waals surface area contributed by atoms with E-state index >= 15 is 0 Å². The number of rotatable bonds is 3. The molecule has 1 atom stereocenters. The normalized spacial score (nSPS) is 16.4. The first kappa shape index (κ1) is 12.6. The summed E-state index contributed by atoms with van der Waals surface area (Å²) in [5.41, 5.74) is 1.20. The second-order valence-corrected chi connectivity index (χ2v) is 4.61. The minimum atomic E-state index is -0.665. The van der Waals surface area contributed by atoms with E-state index in [4.69, 9.17) is 4.74 Å². The number of benzene rings is 1. The van der Waals surface area contributed by atoms with E-state index in [-0.39, 0.29) is 11.8 Å². The van der Waals surface area contributed by atoms with Gasteiger partial charge in [0.1, 0.15) is 17.5 Å². The van der Waals surface area contributed by atoms with Crippen molar-refractivity contribution in [1.82, 2.24) is 10.3 Å². The number of carbonyl (C=O) groups excluding carboxylic acids is 1. The van der Waals surface area contributed by atoms with Crippen LogP contribution in [0.3, 0.4) is 0 Å². The van der Waals surface area contributed by atoms with E-state index in [1.807, 2.05) is 24.3 Å². The average molecular weight is 272 g/mol. The number of nitrogens with one attached hydrogen (secondary N) is 1. The molecule has 5 heteroatoms. The summed E-state index contributed by atoms with van der Waals surface area (Å²) in [6, 6.07) is 11.9. The number of amides is 1. The van der Waals surface area contributed by atoms with Crippen molar-refractivity contribution >= 4 is 5.91 Å². The van der Waals surface area contributed by atoms with E-state index in [1.54, 1.807) is 0 Å². The molecule has 0 aliphatic carbocycles. The number of ether oxygens (including phenoxy) is 1. The number of pyridine rings is 1. The predicted octanol–water partition coefficient (Wildman–Crippen LogP) is 1.95. The second kappa shape index (κ2) is 5.28. The fourth-order valence-corrected chi connectivity index (χ4v) is 2.20. The topological polar surface area (TPSA) is 51.2 Å². The van der Waals surface area contributed by atoms with Gasteiger partial charge in [-0.15, -0.1) is 0 Å². The molecule has 0 saturated carbocycles. The van der Waals surface area contributed by atoms with Crippen LogP contribution in [0, 0.1) is 5.95 Å². The molecule has 3 rings (SSSR count). The Morgan fingerprint density at radius 3 is 2.95 bits per heavy atom. The Kier molecular flexibility index (Phi) is 3.33. The van der Waals surface area contributed by atoms with Crippen LogP contribution in [0.15, 0.2) is 42.5 Å². The van der Waals surface area contributed by atoms with Crippen LogP contribution >= 0.6 is 0 Å². The van der Waals surface area contributed by atoms with Crippen LogP contribution in [0.1, 0.15) is 16.1 Å². The fourth-order valence-electron chi connectivity index (χ4n) is 2.20. The van der Waals surface area contributed by atoms with E-state index in [0.717, 1.165) is 17.7 Å². The number of carbonyl (C=O) groups is 1. The molecule has 20 heavy (non-hydrogen) atoms. The first-order valence-electron chi connectivity index (χ1n) is 6.38. The van der Waals surface area contributed by atoms with Gasteiger partial charge in [-0.25, -0.2) is 4.98 Å². The van der Waals surface area contributed by atoms with Crippen LogP contribution in [0.25, 0.3) is 0 Å². The minimum Gasteiger partial charge on any atom is -0.488 e.